The van der Waals surface area contributed by atoms with Gasteiger partial charge in [-0.05, 0) is 34.8 Å². The predicted molar refractivity (Wildman–Crippen MR) is 122 cm³/mol. The van der Waals surface area contributed by atoms with Crippen molar-refractivity contribution in [3.8, 4) is 0 Å². The summed E-state index contributed by atoms with van der Waals surface area (Å²) in [7, 11) is 1.31. The lowest BCUT2D eigenvalue weighted by molar-refractivity contribution is -0.148. The molecule has 0 N–H and O–H groups in total. The Hall–Kier alpha value is -2.55. The highest BCUT2D eigenvalue weighted by Gasteiger charge is 2.30. The number of carbonyl (C=O) groups excluding carboxylic acids is 2. The maximum Gasteiger partial charge on any atom is 0.316 e. The van der Waals surface area contributed by atoms with Gasteiger partial charge >= 0.3 is 5.97 Å². The lowest BCUT2D eigenvalue weighted by Gasteiger charge is -2.27. The van der Waals surface area contributed by atoms with Crippen LogP contribution in [0.5, 0.6) is 0 Å². The maximum absolute atomic E-state index is 12.2. The standard InChI is InChI=1S/C24H23O3PS/c1-18(25)22(24(26)27-2)17-19-11-9-10-16-23(19)28(29,20-12-5-3-6-13-20)21-14-7-4-8-15-21/h3-16,22H,17H2,1-2H3. The van der Waals surface area contributed by atoms with Crippen molar-refractivity contribution >= 4 is 45.5 Å². The molecule has 3 nitrogen and oxygen atoms in total. The smallest absolute Gasteiger partial charge is 0.316 e. The van der Waals surface area contributed by atoms with Gasteiger partial charge in [-0.15, -0.1) is 0 Å². The molecule has 0 saturated heterocycles. The highest BCUT2D eigenvalue weighted by atomic mass is 32.4. The Morgan fingerprint density at radius 1 is 0.862 bits per heavy atom. The monoisotopic (exact) mass is 422 g/mol. The molecule has 0 saturated carbocycles. The van der Waals surface area contributed by atoms with Crippen LogP contribution in [0.1, 0.15) is 12.5 Å². The molecular formula is C24H23O3PS. The Balaban J connectivity index is 2.20. The Morgan fingerprint density at radius 3 is 1.83 bits per heavy atom. The summed E-state index contributed by atoms with van der Waals surface area (Å²) in [6.07, 6.45) is 0.274. The van der Waals surface area contributed by atoms with Gasteiger partial charge in [-0.1, -0.05) is 96.7 Å². The van der Waals surface area contributed by atoms with Crippen molar-refractivity contribution in [2.45, 2.75) is 13.3 Å². The van der Waals surface area contributed by atoms with Crippen LogP contribution < -0.4 is 15.9 Å². The van der Waals surface area contributed by atoms with Crippen LogP contribution in [0.15, 0.2) is 84.9 Å². The number of methoxy groups -OCH3 is 1. The molecule has 3 rings (SSSR count). The second-order valence-electron chi connectivity index (χ2n) is 6.80. The predicted octanol–water partition coefficient (Wildman–Crippen LogP) is 3.36. The van der Waals surface area contributed by atoms with E-state index in [9.17, 15) is 9.59 Å². The first kappa shape index (κ1) is 21.2. The number of hydrogen-bond donors (Lipinski definition) is 0. The lowest BCUT2D eigenvalue weighted by atomic mass is 9.96. The van der Waals surface area contributed by atoms with Crippen molar-refractivity contribution < 1.29 is 14.3 Å². The second kappa shape index (κ2) is 9.30. The zero-order chi connectivity index (χ0) is 20.9. The van der Waals surface area contributed by atoms with Crippen LogP contribution in [0.2, 0.25) is 0 Å². The molecular weight excluding hydrogens is 399 g/mol. The van der Waals surface area contributed by atoms with Crippen molar-refractivity contribution in [3.05, 3.63) is 90.5 Å². The van der Waals surface area contributed by atoms with E-state index in [0.717, 1.165) is 21.5 Å². The third-order valence-electron chi connectivity index (χ3n) is 4.97. The van der Waals surface area contributed by atoms with Crippen LogP contribution in [-0.2, 0) is 32.6 Å². The minimum absolute atomic E-state index is 0.209. The maximum atomic E-state index is 12.2. The third kappa shape index (κ3) is 4.39. The fourth-order valence-electron chi connectivity index (χ4n) is 3.45. The zero-order valence-electron chi connectivity index (χ0n) is 16.4. The van der Waals surface area contributed by atoms with Crippen molar-refractivity contribution in [2.75, 3.05) is 7.11 Å². The molecule has 0 spiro atoms. The van der Waals surface area contributed by atoms with Gasteiger partial charge in [0, 0.05) is 6.04 Å². The van der Waals surface area contributed by atoms with E-state index in [2.05, 4.69) is 24.3 Å². The van der Waals surface area contributed by atoms with Gasteiger partial charge < -0.3 is 4.74 Å². The Kier molecular flexibility index (Phi) is 6.79. The van der Waals surface area contributed by atoms with E-state index in [1.54, 1.807) is 0 Å². The van der Waals surface area contributed by atoms with Crippen molar-refractivity contribution in [1.29, 1.82) is 0 Å². The van der Waals surface area contributed by atoms with Gasteiger partial charge in [0.25, 0.3) is 0 Å². The SMILES string of the molecule is COC(=O)C(Cc1ccccc1P(=S)(c1ccccc1)c1ccccc1)C(C)=O. The number of ketones is 1. The number of ether oxygens (including phenoxy) is 1. The van der Waals surface area contributed by atoms with E-state index in [1.165, 1.54) is 14.0 Å². The molecule has 148 valence electrons. The largest absolute Gasteiger partial charge is 0.468 e. The van der Waals surface area contributed by atoms with Gasteiger partial charge in [-0.2, -0.15) is 0 Å². The molecule has 3 aromatic carbocycles. The van der Waals surface area contributed by atoms with Crippen LogP contribution in [0.3, 0.4) is 0 Å². The van der Waals surface area contributed by atoms with Crippen molar-refractivity contribution in [2.24, 2.45) is 5.92 Å². The summed E-state index contributed by atoms with van der Waals surface area (Å²) in [6.45, 7) is 1.43. The summed E-state index contributed by atoms with van der Waals surface area (Å²) in [5, 5.41) is 3.15. The first-order chi connectivity index (χ1) is 14.0. The molecule has 0 amide bonds. The first-order valence-electron chi connectivity index (χ1n) is 9.36. The molecule has 1 unspecified atom stereocenters. The fourth-order valence-corrected chi connectivity index (χ4v) is 7.62. The number of rotatable bonds is 7. The van der Waals surface area contributed by atoms with Crippen LogP contribution in [0.25, 0.3) is 0 Å². The number of esters is 1. The molecule has 0 aromatic heterocycles. The molecule has 29 heavy (non-hydrogen) atoms. The molecule has 0 heterocycles. The minimum atomic E-state index is -2.37. The molecule has 0 radical (unpaired) electrons. The number of hydrogen-bond acceptors (Lipinski definition) is 4. The molecule has 5 heteroatoms. The number of carbonyl (C=O) groups is 2. The first-order valence-corrected chi connectivity index (χ1v) is 12.2. The van der Waals surface area contributed by atoms with Gasteiger partial charge in [-0.25, -0.2) is 0 Å². The molecule has 1 atom stereocenters. The van der Waals surface area contributed by atoms with Crippen LogP contribution in [0, 0.1) is 5.92 Å². The molecule has 0 aliphatic rings. The average molecular weight is 422 g/mol. The summed E-state index contributed by atoms with van der Waals surface area (Å²) in [5.74, 6) is -1.56. The lowest BCUT2D eigenvalue weighted by Crippen LogP contribution is -2.31. The van der Waals surface area contributed by atoms with E-state index in [1.807, 2.05) is 60.7 Å². The normalized spacial score (nSPS) is 12.2. The Morgan fingerprint density at radius 2 is 1.34 bits per heavy atom. The fraction of sp³-hybridized carbons (Fsp3) is 0.167. The minimum Gasteiger partial charge on any atom is -0.468 e. The zero-order valence-corrected chi connectivity index (χ0v) is 18.2. The van der Waals surface area contributed by atoms with E-state index < -0.39 is 17.9 Å². The van der Waals surface area contributed by atoms with Gasteiger partial charge in [0.15, 0.2) is 0 Å². The third-order valence-corrected chi connectivity index (χ3v) is 9.99. The second-order valence-corrected chi connectivity index (χ2v) is 11.2. The number of Topliss-reactive ketones (excluding diaryl/α,β-unsaturated/α-hetero) is 1. The van der Waals surface area contributed by atoms with E-state index in [0.29, 0.717) is 0 Å². The average Bonchev–Trinajstić information content (AvgIpc) is 2.77. The van der Waals surface area contributed by atoms with E-state index in [4.69, 9.17) is 16.5 Å². The van der Waals surface area contributed by atoms with E-state index >= 15 is 0 Å². The summed E-state index contributed by atoms with van der Waals surface area (Å²) in [4.78, 5) is 24.3. The molecule has 3 aromatic rings. The molecule has 0 aliphatic heterocycles. The Bertz CT molecular complexity index is 1000. The molecule has 0 aliphatic carbocycles. The topological polar surface area (TPSA) is 43.4 Å². The van der Waals surface area contributed by atoms with Crippen molar-refractivity contribution in [3.63, 3.8) is 0 Å². The van der Waals surface area contributed by atoms with Crippen LogP contribution >= 0.6 is 6.04 Å². The molecule has 0 fully saturated rings. The summed E-state index contributed by atoms with van der Waals surface area (Å²) in [5.41, 5.74) is 0.911. The highest BCUT2D eigenvalue weighted by Crippen LogP contribution is 2.44. The molecule has 0 bridgehead atoms. The highest BCUT2D eigenvalue weighted by molar-refractivity contribution is 8.25. The number of benzene rings is 3. The van der Waals surface area contributed by atoms with Crippen molar-refractivity contribution in [1.82, 2.24) is 0 Å². The Labute approximate surface area is 176 Å². The summed E-state index contributed by atoms with van der Waals surface area (Å²) < 4.78 is 4.86. The van der Waals surface area contributed by atoms with Gasteiger partial charge in [0.1, 0.15) is 11.7 Å². The van der Waals surface area contributed by atoms with Crippen LogP contribution in [0.4, 0.5) is 0 Å². The summed E-state index contributed by atoms with van der Waals surface area (Å²) >= 11 is 6.41. The van der Waals surface area contributed by atoms with Gasteiger partial charge in [0.05, 0.1) is 7.11 Å². The summed E-state index contributed by atoms with van der Waals surface area (Å²) in [6, 6.07) is 25.7. The van der Waals surface area contributed by atoms with Crippen LogP contribution in [-0.4, -0.2) is 18.9 Å². The quantitative estimate of drug-likeness (QED) is 0.333. The van der Waals surface area contributed by atoms with Gasteiger partial charge in [-0.3, -0.25) is 9.59 Å². The van der Waals surface area contributed by atoms with Gasteiger partial charge in [0.2, 0.25) is 0 Å². The van der Waals surface area contributed by atoms with E-state index in [-0.39, 0.29) is 12.2 Å².